The molecule has 0 radical (unpaired) electrons. The molecule has 68 heavy (non-hydrogen) atoms. The minimum absolute atomic E-state index is 0.337. The van der Waals surface area contributed by atoms with E-state index in [4.69, 9.17) is 119 Å². The number of nitriles is 2. The third kappa shape index (κ3) is 11.8. The van der Waals surface area contributed by atoms with E-state index in [1.807, 2.05) is 176 Å². The monoisotopic (exact) mass is 1070 g/mol. The van der Waals surface area contributed by atoms with Gasteiger partial charge in [-0.15, -0.1) is 0 Å². The van der Waals surface area contributed by atoms with Gasteiger partial charge in [0, 0.05) is 28.1 Å². The lowest BCUT2D eigenvalue weighted by Gasteiger charge is -2.32. The van der Waals surface area contributed by atoms with Gasteiger partial charge in [-0.25, -0.2) is 4.98 Å². The second-order valence-electron chi connectivity index (χ2n) is 14.1. The average molecular weight is 1080 g/mol. The van der Waals surface area contributed by atoms with E-state index < -0.39 is 12.9 Å². The van der Waals surface area contributed by atoms with Gasteiger partial charge >= 0.3 is 0 Å². The lowest BCUT2D eigenvalue weighted by molar-refractivity contribution is 0.477. The molecule has 8 aromatic rings. The largest absolute Gasteiger partial charge is 0.453 e. The topological polar surface area (TPSA) is 85.4 Å². The van der Waals surface area contributed by atoms with Crippen LogP contribution in [0.4, 0.5) is 34.1 Å². The highest BCUT2D eigenvalue weighted by atomic mass is 35.6. The van der Waals surface area contributed by atoms with Crippen LogP contribution in [-0.2, 0) is 0 Å². The molecule has 2 aliphatic heterocycles. The lowest BCUT2D eigenvalue weighted by atomic mass is 9.89. The Morgan fingerprint density at radius 1 is 0.368 bits per heavy atom. The second kappa shape index (κ2) is 23.7. The number of benzene rings is 7. The van der Waals surface area contributed by atoms with Crippen LogP contribution in [0.5, 0.6) is 23.0 Å². The van der Waals surface area contributed by atoms with Crippen molar-refractivity contribution >= 4 is 139 Å². The van der Waals surface area contributed by atoms with Crippen molar-refractivity contribution in [2.75, 3.05) is 9.80 Å². The van der Waals surface area contributed by atoms with E-state index in [0.29, 0.717) is 28.1 Å². The number of hydrogen-bond acceptors (Lipinski definition) is 7. The molecule has 2 aliphatic rings. The molecule has 340 valence electrons. The first-order valence-electron chi connectivity index (χ1n) is 20.1. The third-order valence-corrected chi connectivity index (χ3v) is 10.1. The zero-order chi connectivity index (χ0) is 48.3. The molecule has 0 unspecified atom stereocenters. The summed E-state index contributed by atoms with van der Waals surface area (Å²) in [6.07, 6.45) is 0. The number of hydrogen-bond donors (Lipinski definition) is 0. The molecule has 0 saturated heterocycles. The number of pyridine rings is 1. The fourth-order valence-electron chi connectivity index (χ4n) is 7.62. The summed E-state index contributed by atoms with van der Waals surface area (Å²) >= 11 is 43.3. The minimum Gasteiger partial charge on any atom is -0.453 e. The number of anilines is 6. The Balaban J connectivity index is 0.000000514. The zero-order valence-corrected chi connectivity index (χ0v) is 41.7. The Morgan fingerprint density at radius 2 is 0.647 bits per heavy atom. The quantitative estimate of drug-likeness (QED) is 0.159. The van der Waals surface area contributed by atoms with E-state index in [-0.39, 0.29) is 0 Å². The van der Waals surface area contributed by atoms with Crippen molar-refractivity contribution in [1.82, 2.24) is 4.98 Å². The van der Waals surface area contributed by atoms with Gasteiger partial charge in [0.1, 0.15) is 12.1 Å². The molecule has 0 aliphatic carbocycles. The Labute approximate surface area is 438 Å². The molecule has 0 fully saturated rings. The number of halogens is 9. The number of para-hydroxylation sites is 8. The molecule has 0 N–H and O–H groups in total. The Hall–Kier alpha value is -5.52. The van der Waals surface area contributed by atoms with E-state index >= 15 is 0 Å². The molecule has 10 rings (SSSR count). The van der Waals surface area contributed by atoms with Crippen LogP contribution in [0.2, 0.25) is 0 Å². The molecule has 7 aromatic carbocycles. The van der Waals surface area contributed by atoms with Gasteiger partial charge in [-0.05, 0) is 78.4 Å². The van der Waals surface area contributed by atoms with Crippen LogP contribution >= 0.6 is 104 Å². The van der Waals surface area contributed by atoms with Crippen LogP contribution in [0.25, 0.3) is 33.6 Å². The summed E-state index contributed by atoms with van der Waals surface area (Å²) < 4.78 is 10.2. The van der Waals surface area contributed by atoms with Crippen molar-refractivity contribution in [2.24, 2.45) is 0 Å². The number of rotatable bonds is 5. The molecule has 0 bridgehead atoms. The predicted molar refractivity (Wildman–Crippen MR) is 284 cm³/mol. The Kier molecular flexibility index (Phi) is 17.5. The molecule has 0 spiro atoms. The maximum absolute atomic E-state index is 10.8. The van der Waals surface area contributed by atoms with Crippen LogP contribution < -0.4 is 19.3 Å². The minimum atomic E-state index is -0.750. The molecular weight excluding hydrogens is 1050 g/mol. The van der Waals surface area contributed by atoms with Gasteiger partial charge in [0.2, 0.25) is 0 Å². The summed E-state index contributed by atoms with van der Waals surface area (Å²) in [4.78, 5) is 9.50. The van der Waals surface area contributed by atoms with Crippen molar-refractivity contribution in [2.45, 2.75) is 12.9 Å². The average Bonchev–Trinajstić information content (AvgIpc) is 3.34. The summed E-state index contributed by atoms with van der Waals surface area (Å²) in [7, 11) is 0. The molecule has 7 nitrogen and oxygen atoms in total. The van der Waals surface area contributed by atoms with Crippen molar-refractivity contribution < 1.29 is 9.47 Å². The number of alkyl halides is 9. The molecular formula is C52H32Cl9N5O2. The number of aromatic nitrogens is 1. The molecule has 1 aromatic heterocycles. The maximum atomic E-state index is 10.8. The smallest absolute Gasteiger partial charge is 0.180 e. The van der Waals surface area contributed by atoms with E-state index in [1.165, 1.54) is 0 Å². The van der Waals surface area contributed by atoms with E-state index in [9.17, 15) is 10.5 Å². The van der Waals surface area contributed by atoms with Crippen molar-refractivity contribution in [3.8, 4) is 68.8 Å². The molecule has 0 amide bonds. The standard InChI is InChI=1S/C49H29N5O2.3CHCl3/c50-30-37-47(32-12-2-1-3-13-32)38(31-51)49(34-24-28-36(29-25-34)54-41-16-6-10-20-45(41)56-46-21-11-7-17-42(46)54)52-48(37)33-22-26-35(27-23-33)53-39-14-4-8-18-43(39)55-44-19-9-5-15-40(44)53;3*2-1(3)4/h1-29H;3*1H. The van der Waals surface area contributed by atoms with E-state index in [2.05, 4.69) is 21.9 Å². The van der Waals surface area contributed by atoms with E-state index in [1.54, 1.807) is 0 Å². The van der Waals surface area contributed by atoms with Crippen LogP contribution in [0.15, 0.2) is 176 Å². The van der Waals surface area contributed by atoms with Crippen LogP contribution in [-0.4, -0.2) is 17.9 Å². The van der Waals surface area contributed by atoms with Crippen LogP contribution in [0, 0.1) is 22.7 Å². The van der Waals surface area contributed by atoms with Gasteiger partial charge < -0.3 is 19.3 Å². The van der Waals surface area contributed by atoms with Gasteiger partial charge in [0.25, 0.3) is 0 Å². The van der Waals surface area contributed by atoms with E-state index in [0.717, 1.165) is 73.8 Å². The Morgan fingerprint density at radius 3 is 0.941 bits per heavy atom. The summed E-state index contributed by atoms with van der Waals surface area (Å²) in [6.45, 7) is 0. The van der Waals surface area contributed by atoms with Gasteiger partial charge in [-0.1, -0.05) is 208 Å². The van der Waals surface area contributed by atoms with Gasteiger partial charge in [-0.2, -0.15) is 10.5 Å². The second-order valence-corrected chi connectivity index (χ2v) is 20.0. The summed E-state index contributed by atoms with van der Waals surface area (Å²) in [5.74, 6) is 3.06. The fourth-order valence-corrected chi connectivity index (χ4v) is 7.62. The SMILES string of the molecule is ClC(Cl)Cl.ClC(Cl)Cl.ClC(Cl)Cl.N#Cc1c(-c2ccc(N3c4ccccc4Oc4ccccc43)cc2)nc(-c2ccc(N3c4ccccc4Oc4ccccc43)cc2)c(C#N)c1-c1ccccc1. The van der Waals surface area contributed by atoms with Gasteiger partial charge in [-0.3, -0.25) is 0 Å². The molecule has 16 heteroatoms. The van der Waals surface area contributed by atoms with Gasteiger partial charge in [0.15, 0.2) is 35.9 Å². The maximum Gasteiger partial charge on any atom is 0.180 e. The molecule has 0 saturated carbocycles. The lowest BCUT2D eigenvalue weighted by Crippen LogP contribution is -2.15. The first-order chi connectivity index (χ1) is 32.9. The normalized spacial score (nSPS) is 11.6. The third-order valence-electron chi connectivity index (χ3n) is 10.1. The predicted octanol–water partition coefficient (Wildman–Crippen LogP) is 18.9. The van der Waals surface area contributed by atoms with Crippen LogP contribution in [0.1, 0.15) is 11.1 Å². The van der Waals surface area contributed by atoms with Crippen molar-refractivity contribution in [1.29, 1.82) is 10.5 Å². The van der Waals surface area contributed by atoms with Crippen molar-refractivity contribution in [3.63, 3.8) is 0 Å². The zero-order valence-electron chi connectivity index (χ0n) is 34.9. The molecule has 0 atom stereocenters. The van der Waals surface area contributed by atoms with Crippen LogP contribution in [0.3, 0.4) is 0 Å². The van der Waals surface area contributed by atoms with Gasteiger partial charge in [0.05, 0.1) is 45.3 Å². The highest BCUT2D eigenvalue weighted by Crippen LogP contribution is 2.52. The summed E-state index contributed by atoms with van der Waals surface area (Å²) in [5, 5.41) is 21.6. The first kappa shape index (κ1) is 50.4. The van der Waals surface area contributed by atoms with Crippen molar-refractivity contribution in [3.05, 3.63) is 187 Å². The number of ether oxygens (including phenoxy) is 2. The summed E-state index contributed by atoms with van der Waals surface area (Å²) in [6, 6.07) is 62.4. The summed E-state index contributed by atoms with van der Waals surface area (Å²) in [5.41, 5.74) is 10.0. The highest BCUT2D eigenvalue weighted by Gasteiger charge is 2.28. The fraction of sp³-hybridized carbons (Fsp3) is 0.0577. The highest BCUT2D eigenvalue weighted by molar-refractivity contribution is 6.63. The number of nitrogens with zero attached hydrogens (tertiary/aromatic N) is 5. The molecule has 3 heterocycles. The number of fused-ring (bicyclic) bond motifs is 4. The Bertz CT molecular complexity index is 2800. The first-order valence-corrected chi connectivity index (χ1v) is 24.1.